The van der Waals surface area contributed by atoms with Gasteiger partial charge in [0, 0.05) is 65.5 Å². The van der Waals surface area contributed by atoms with Crippen LogP contribution in [0.15, 0.2) is 35.2 Å². The average molecular weight is 546 g/mol. The van der Waals surface area contributed by atoms with Crippen LogP contribution in [0.5, 0.6) is 5.75 Å². The topological polar surface area (TPSA) is 134 Å². The minimum Gasteiger partial charge on any atom is -0.496 e. The molecule has 1 atom stereocenters. The van der Waals surface area contributed by atoms with E-state index in [-0.39, 0.29) is 29.3 Å². The Balaban J connectivity index is 1.15. The molecule has 0 saturated carbocycles. The van der Waals surface area contributed by atoms with Gasteiger partial charge in [-0.3, -0.25) is 9.69 Å². The van der Waals surface area contributed by atoms with Gasteiger partial charge in [0.05, 0.1) is 23.7 Å². The lowest BCUT2D eigenvalue weighted by Crippen LogP contribution is -2.49. The molecule has 2 aromatic rings. The molecule has 1 aromatic carbocycles. The molecule has 12 nitrogen and oxygen atoms in total. The van der Waals surface area contributed by atoms with Gasteiger partial charge in [-0.15, -0.1) is 10.2 Å². The standard InChI is InChI=1S/C25H35N7O5S/c1-36-22-5-4-20(17-21(22)25(26)33)38(34,35)32-14-12-31(13-15-32)24-7-6-23(27-28-24)30-10-8-29(9-11-30)18-19-3-2-16-37-19/h4-7,17,19H,2-3,8-16,18H2,1H3,(H2,26,33). The predicted octanol–water partition coefficient (Wildman–Crippen LogP) is 0.396. The van der Waals surface area contributed by atoms with Gasteiger partial charge in [-0.1, -0.05) is 0 Å². The van der Waals surface area contributed by atoms with Crippen LogP contribution < -0.4 is 20.3 Å². The van der Waals surface area contributed by atoms with Gasteiger partial charge in [0.2, 0.25) is 10.0 Å². The number of anilines is 2. The van der Waals surface area contributed by atoms with Crippen LogP contribution in [0.4, 0.5) is 11.6 Å². The molecule has 3 fully saturated rings. The Morgan fingerprint density at radius 2 is 1.63 bits per heavy atom. The summed E-state index contributed by atoms with van der Waals surface area (Å²) >= 11 is 0. The van der Waals surface area contributed by atoms with Gasteiger partial charge in [0.25, 0.3) is 5.91 Å². The van der Waals surface area contributed by atoms with E-state index in [1.807, 2.05) is 17.0 Å². The van der Waals surface area contributed by atoms with E-state index in [2.05, 4.69) is 20.0 Å². The van der Waals surface area contributed by atoms with E-state index in [9.17, 15) is 13.2 Å². The summed E-state index contributed by atoms with van der Waals surface area (Å²) in [6.45, 7) is 7.20. The first kappa shape index (κ1) is 26.6. The van der Waals surface area contributed by atoms with Crippen LogP contribution in [0.2, 0.25) is 0 Å². The number of benzene rings is 1. The van der Waals surface area contributed by atoms with Crippen molar-refractivity contribution in [3.63, 3.8) is 0 Å². The lowest BCUT2D eigenvalue weighted by atomic mass is 10.2. The molecular weight excluding hydrogens is 510 g/mol. The van der Waals surface area contributed by atoms with Crippen LogP contribution in [0.25, 0.3) is 0 Å². The number of rotatable bonds is 8. The Morgan fingerprint density at radius 1 is 1.00 bits per heavy atom. The fourth-order valence-corrected chi connectivity index (χ4v) is 6.69. The molecule has 0 spiro atoms. The normalized spacial score (nSPS) is 21.6. The van der Waals surface area contributed by atoms with Crippen LogP contribution in [-0.4, -0.2) is 112 Å². The summed E-state index contributed by atoms with van der Waals surface area (Å²) in [6, 6.07) is 8.09. The van der Waals surface area contributed by atoms with Crippen molar-refractivity contribution in [3.05, 3.63) is 35.9 Å². The third kappa shape index (κ3) is 5.70. The number of amides is 1. The fraction of sp³-hybridized carbons (Fsp3) is 0.560. The molecule has 0 bridgehead atoms. The summed E-state index contributed by atoms with van der Waals surface area (Å²) in [5, 5.41) is 8.91. The van der Waals surface area contributed by atoms with Crippen molar-refractivity contribution >= 4 is 27.6 Å². The number of primary amides is 1. The number of piperazine rings is 2. The van der Waals surface area contributed by atoms with E-state index in [4.69, 9.17) is 15.2 Å². The zero-order chi connectivity index (χ0) is 26.7. The molecule has 5 rings (SSSR count). The molecular formula is C25H35N7O5S. The smallest absolute Gasteiger partial charge is 0.252 e. The summed E-state index contributed by atoms with van der Waals surface area (Å²) in [4.78, 5) is 18.5. The first-order valence-electron chi connectivity index (χ1n) is 13.0. The lowest BCUT2D eigenvalue weighted by molar-refractivity contribution is 0.0712. The van der Waals surface area contributed by atoms with Gasteiger partial charge in [-0.2, -0.15) is 4.31 Å². The number of hydrogen-bond acceptors (Lipinski definition) is 10. The molecule has 13 heteroatoms. The van der Waals surface area contributed by atoms with Gasteiger partial charge in [-0.25, -0.2) is 8.42 Å². The number of aromatic nitrogens is 2. The van der Waals surface area contributed by atoms with Crippen molar-refractivity contribution in [3.8, 4) is 5.75 Å². The summed E-state index contributed by atoms with van der Waals surface area (Å²) in [5.41, 5.74) is 5.43. The first-order valence-corrected chi connectivity index (χ1v) is 14.4. The Kier molecular flexibility index (Phi) is 7.98. The summed E-state index contributed by atoms with van der Waals surface area (Å²) in [5.74, 6) is 1.08. The van der Waals surface area contributed by atoms with Gasteiger partial charge in [0.1, 0.15) is 5.75 Å². The Morgan fingerprint density at radius 3 is 2.16 bits per heavy atom. The molecule has 0 aliphatic carbocycles. The van der Waals surface area contributed by atoms with Gasteiger partial charge >= 0.3 is 0 Å². The van der Waals surface area contributed by atoms with Crippen LogP contribution in [0.1, 0.15) is 23.2 Å². The average Bonchev–Trinajstić information content (AvgIpc) is 3.46. The van der Waals surface area contributed by atoms with E-state index in [1.165, 1.54) is 29.6 Å². The first-order chi connectivity index (χ1) is 18.3. The largest absolute Gasteiger partial charge is 0.496 e. The van der Waals surface area contributed by atoms with Gasteiger partial charge < -0.3 is 25.0 Å². The van der Waals surface area contributed by atoms with Crippen molar-refractivity contribution in [1.82, 2.24) is 19.4 Å². The minimum atomic E-state index is -3.79. The summed E-state index contributed by atoms with van der Waals surface area (Å²) in [7, 11) is -2.39. The maximum atomic E-state index is 13.2. The van der Waals surface area contributed by atoms with E-state index in [0.29, 0.717) is 19.2 Å². The number of ether oxygens (including phenoxy) is 2. The monoisotopic (exact) mass is 545 g/mol. The zero-order valence-electron chi connectivity index (χ0n) is 21.7. The molecule has 3 aliphatic heterocycles. The van der Waals surface area contributed by atoms with Crippen molar-refractivity contribution in [2.45, 2.75) is 23.8 Å². The van der Waals surface area contributed by atoms with Crippen molar-refractivity contribution in [2.75, 3.05) is 82.4 Å². The van der Waals surface area contributed by atoms with E-state index in [0.717, 1.165) is 63.8 Å². The molecule has 1 unspecified atom stereocenters. The highest BCUT2D eigenvalue weighted by Gasteiger charge is 2.30. The molecule has 206 valence electrons. The Bertz CT molecular complexity index is 1220. The number of carbonyl (C=O) groups excluding carboxylic acids is 1. The van der Waals surface area contributed by atoms with E-state index >= 15 is 0 Å². The number of sulfonamides is 1. The molecule has 4 heterocycles. The van der Waals surface area contributed by atoms with Crippen LogP contribution in [0, 0.1) is 0 Å². The Labute approximate surface area is 223 Å². The molecule has 1 aromatic heterocycles. The molecule has 3 saturated heterocycles. The quantitative estimate of drug-likeness (QED) is 0.497. The van der Waals surface area contributed by atoms with Crippen molar-refractivity contribution < 1.29 is 22.7 Å². The molecule has 38 heavy (non-hydrogen) atoms. The van der Waals surface area contributed by atoms with E-state index < -0.39 is 15.9 Å². The molecule has 3 aliphatic rings. The maximum absolute atomic E-state index is 13.2. The van der Waals surface area contributed by atoms with Crippen LogP contribution in [0.3, 0.4) is 0 Å². The maximum Gasteiger partial charge on any atom is 0.252 e. The highest BCUT2D eigenvalue weighted by Crippen LogP contribution is 2.26. The second-order valence-electron chi connectivity index (χ2n) is 9.79. The second-order valence-corrected chi connectivity index (χ2v) is 11.7. The number of carbonyl (C=O) groups is 1. The zero-order valence-corrected chi connectivity index (χ0v) is 22.5. The molecule has 1 amide bonds. The highest BCUT2D eigenvalue weighted by atomic mass is 32.2. The number of methoxy groups -OCH3 is 1. The lowest BCUT2D eigenvalue weighted by Gasteiger charge is -2.36. The Hall–Kier alpha value is -3.00. The van der Waals surface area contributed by atoms with Crippen molar-refractivity contribution in [2.24, 2.45) is 5.73 Å². The van der Waals surface area contributed by atoms with E-state index in [1.54, 1.807) is 0 Å². The third-order valence-corrected chi connectivity index (χ3v) is 9.35. The summed E-state index contributed by atoms with van der Waals surface area (Å²) in [6.07, 6.45) is 2.70. The predicted molar refractivity (Wildman–Crippen MR) is 142 cm³/mol. The second kappa shape index (κ2) is 11.4. The fourth-order valence-electron chi connectivity index (χ4n) is 5.24. The number of hydrogen-bond donors (Lipinski definition) is 1. The van der Waals surface area contributed by atoms with Crippen LogP contribution in [-0.2, 0) is 14.8 Å². The minimum absolute atomic E-state index is 0.0144. The molecule has 2 N–H and O–H groups in total. The highest BCUT2D eigenvalue weighted by molar-refractivity contribution is 7.89. The summed E-state index contributed by atoms with van der Waals surface area (Å²) < 4.78 is 38.7. The number of nitrogens with zero attached hydrogens (tertiary/aromatic N) is 6. The van der Waals surface area contributed by atoms with Crippen LogP contribution >= 0.6 is 0 Å². The number of nitrogens with two attached hydrogens (primary N) is 1. The third-order valence-electron chi connectivity index (χ3n) is 7.46. The molecule has 0 radical (unpaired) electrons. The van der Waals surface area contributed by atoms with Gasteiger partial charge in [0.15, 0.2) is 11.6 Å². The SMILES string of the molecule is COc1ccc(S(=O)(=O)N2CCN(c3ccc(N4CCN(CC5CCCO5)CC4)nn3)CC2)cc1C(N)=O. The van der Waals surface area contributed by atoms with Crippen molar-refractivity contribution in [1.29, 1.82) is 0 Å². The van der Waals surface area contributed by atoms with Gasteiger partial charge in [-0.05, 0) is 43.2 Å².